The number of nitro benzene ring substituents is 1. The second-order valence-corrected chi connectivity index (χ2v) is 3.94. The van der Waals surface area contributed by atoms with E-state index in [-0.39, 0.29) is 10.6 Å². The minimum absolute atomic E-state index is 0.197. The van der Waals surface area contributed by atoms with E-state index in [9.17, 15) is 10.1 Å². The van der Waals surface area contributed by atoms with Crippen LogP contribution in [0.15, 0.2) is 30.3 Å². The summed E-state index contributed by atoms with van der Waals surface area (Å²) in [6.07, 6.45) is 0. The molecule has 1 aliphatic rings. The van der Waals surface area contributed by atoms with Crippen LogP contribution in [-0.2, 0) is 13.1 Å². The molecule has 0 aliphatic carbocycles. The molecular weight excluding hydrogens is 204 g/mol. The third-order valence-corrected chi connectivity index (χ3v) is 3.02. The van der Waals surface area contributed by atoms with Crippen molar-refractivity contribution in [2.24, 2.45) is 0 Å². The molecule has 0 saturated carbocycles. The summed E-state index contributed by atoms with van der Waals surface area (Å²) < 4.78 is 0. The molecule has 0 bridgehead atoms. The number of benzene rings is 2. The zero-order chi connectivity index (χ0) is 11.1. The van der Waals surface area contributed by atoms with Gasteiger partial charge in [0, 0.05) is 19.2 Å². The summed E-state index contributed by atoms with van der Waals surface area (Å²) in [4.78, 5) is 10.6. The van der Waals surface area contributed by atoms with Crippen LogP contribution in [0.4, 0.5) is 5.69 Å². The molecular formula is C12H10N2O2. The summed E-state index contributed by atoms with van der Waals surface area (Å²) in [6, 6.07) is 9.15. The minimum Gasteiger partial charge on any atom is -0.309 e. The van der Waals surface area contributed by atoms with Crippen molar-refractivity contribution in [1.29, 1.82) is 0 Å². The van der Waals surface area contributed by atoms with Crippen molar-refractivity contribution in [2.45, 2.75) is 13.1 Å². The third kappa shape index (κ3) is 1.20. The number of hydrogen-bond donors (Lipinski definition) is 1. The Kier molecular flexibility index (Phi) is 1.91. The smallest absolute Gasteiger partial charge is 0.277 e. The first-order valence-corrected chi connectivity index (χ1v) is 5.16. The van der Waals surface area contributed by atoms with Crippen LogP contribution in [0.2, 0.25) is 0 Å². The van der Waals surface area contributed by atoms with Crippen LogP contribution in [0.25, 0.3) is 10.8 Å². The molecule has 1 N–H and O–H groups in total. The number of nitrogens with zero attached hydrogens (tertiary/aromatic N) is 1. The molecule has 2 aromatic rings. The lowest BCUT2D eigenvalue weighted by Crippen LogP contribution is -2.18. The van der Waals surface area contributed by atoms with Gasteiger partial charge in [0.15, 0.2) is 0 Å². The van der Waals surface area contributed by atoms with E-state index in [4.69, 9.17) is 0 Å². The van der Waals surface area contributed by atoms with Gasteiger partial charge >= 0.3 is 0 Å². The zero-order valence-corrected chi connectivity index (χ0v) is 8.56. The maximum Gasteiger partial charge on any atom is 0.277 e. The van der Waals surface area contributed by atoms with E-state index in [2.05, 4.69) is 5.32 Å². The predicted molar refractivity (Wildman–Crippen MR) is 61.1 cm³/mol. The van der Waals surface area contributed by atoms with Crippen LogP contribution in [0.3, 0.4) is 0 Å². The van der Waals surface area contributed by atoms with Crippen LogP contribution in [-0.4, -0.2) is 4.92 Å². The Balaban J connectivity index is 2.45. The van der Waals surface area contributed by atoms with Crippen molar-refractivity contribution in [3.05, 3.63) is 51.6 Å². The van der Waals surface area contributed by atoms with E-state index in [1.165, 1.54) is 0 Å². The average Bonchev–Trinajstić information content (AvgIpc) is 2.30. The van der Waals surface area contributed by atoms with Gasteiger partial charge in [-0.05, 0) is 22.6 Å². The molecule has 0 saturated heterocycles. The molecule has 1 heterocycles. The van der Waals surface area contributed by atoms with E-state index in [1.54, 1.807) is 6.07 Å². The summed E-state index contributed by atoms with van der Waals surface area (Å²) in [5.41, 5.74) is 2.48. The van der Waals surface area contributed by atoms with Gasteiger partial charge in [0.05, 0.1) is 10.3 Å². The molecule has 0 fully saturated rings. The molecule has 2 aromatic carbocycles. The molecule has 4 heteroatoms. The number of rotatable bonds is 1. The lowest BCUT2D eigenvalue weighted by Gasteiger charge is -2.17. The summed E-state index contributed by atoms with van der Waals surface area (Å²) in [5, 5.41) is 16.0. The Hall–Kier alpha value is -1.94. The largest absolute Gasteiger partial charge is 0.309 e. The Morgan fingerprint density at radius 1 is 1.12 bits per heavy atom. The van der Waals surface area contributed by atoms with E-state index in [0.717, 1.165) is 35.0 Å². The highest BCUT2D eigenvalue weighted by Crippen LogP contribution is 2.32. The Morgan fingerprint density at radius 3 is 2.62 bits per heavy atom. The fourth-order valence-corrected chi connectivity index (χ4v) is 2.33. The summed E-state index contributed by atoms with van der Waals surface area (Å²) in [5.74, 6) is 0. The van der Waals surface area contributed by atoms with Gasteiger partial charge in [0.25, 0.3) is 5.69 Å². The van der Waals surface area contributed by atoms with Crippen LogP contribution < -0.4 is 5.32 Å². The Morgan fingerprint density at radius 2 is 1.88 bits per heavy atom. The van der Waals surface area contributed by atoms with Gasteiger partial charge in [0.1, 0.15) is 0 Å². The highest BCUT2D eigenvalue weighted by atomic mass is 16.6. The van der Waals surface area contributed by atoms with Crippen LogP contribution in [0.5, 0.6) is 0 Å². The molecule has 0 aromatic heterocycles. The number of nitro groups is 1. The van der Waals surface area contributed by atoms with Crippen molar-refractivity contribution in [2.75, 3.05) is 0 Å². The molecule has 3 rings (SSSR count). The Bertz CT molecular complexity index is 583. The van der Waals surface area contributed by atoms with E-state index in [1.807, 2.05) is 24.3 Å². The Labute approximate surface area is 92.0 Å². The first-order chi connectivity index (χ1) is 7.77. The van der Waals surface area contributed by atoms with E-state index < -0.39 is 0 Å². The van der Waals surface area contributed by atoms with Crippen molar-refractivity contribution in [3.63, 3.8) is 0 Å². The second kappa shape index (κ2) is 3.28. The van der Waals surface area contributed by atoms with Gasteiger partial charge in [-0.15, -0.1) is 0 Å². The topological polar surface area (TPSA) is 55.2 Å². The first-order valence-electron chi connectivity index (χ1n) is 5.16. The molecule has 0 unspecified atom stereocenters. The maximum atomic E-state index is 10.9. The van der Waals surface area contributed by atoms with E-state index >= 15 is 0 Å². The standard InChI is InChI=1S/C12H10N2O2/c15-14(16)11-5-4-9-7-13-6-8-2-1-3-10(11)12(8)9/h1-5,13H,6-7H2. The van der Waals surface area contributed by atoms with E-state index in [0.29, 0.717) is 0 Å². The van der Waals surface area contributed by atoms with Gasteiger partial charge < -0.3 is 5.32 Å². The van der Waals surface area contributed by atoms with Crippen LogP contribution in [0.1, 0.15) is 11.1 Å². The van der Waals surface area contributed by atoms with Gasteiger partial charge in [0.2, 0.25) is 0 Å². The van der Waals surface area contributed by atoms with Gasteiger partial charge in [-0.2, -0.15) is 0 Å². The zero-order valence-electron chi connectivity index (χ0n) is 8.56. The van der Waals surface area contributed by atoms with Crippen molar-refractivity contribution < 1.29 is 4.92 Å². The second-order valence-electron chi connectivity index (χ2n) is 3.94. The summed E-state index contributed by atoms with van der Waals surface area (Å²) in [7, 11) is 0. The highest BCUT2D eigenvalue weighted by molar-refractivity contribution is 5.96. The maximum absolute atomic E-state index is 10.9. The lowest BCUT2D eigenvalue weighted by atomic mass is 9.95. The first kappa shape index (κ1) is 9.30. The third-order valence-electron chi connectivity index (χ3n) is 3.02. The van der Waals surface area contributed by atoms with Crippen molar-refractivity contribution >= 4 is 16.5 Å². The number of hydrogen-bond acceptors (Lipinski definition) is 3. The fourth-order valence-electron chi connectivity index (χ4n) is 2.33. The lowest BCUT2D eigenvalue weighted by molar-refractivity contribution is -0.383. The molecule has 0 amide bonds. The quantitative estimate of drug-likeness (QED) is 0.585. The van der Waals surface area contributed by atoms with Gasteiger partial charge in [-0.1, -0.05) is 18.2 Å². The number of non-ortho nitro benzene ring substituents is 1. The van der Waals surface area contributed by atoms with Gasteiger partial charge in [-0.3, -0.25) is 10.1 Å². The summed E-state index contributed by atoms with van der Waals surface area (Å²) in [6.45, 7) is 1.57. The minimum atomic E-state index is -0.315. The fraction of sp³-hybridized carbons (Fsp3) is 0.167. The molecule has 80 valence electrons. The molecule has 1 aliphatic heterocycles. The molecule has 0 atom stereocenters. The van der Waals surface area contributed by atoms with Crippen molar-refractivity contribution in [1.82, 2.24) is 5.32 Å². The monoisotopic (exact) mass is 214 g/mol. The molecule has 0 spiro atoms. The SMILES string of the molecule is O=[N+]([O-])c1ccc2c3c(cccc13)CNC2. The number of nitrogens with one attached hydrogen (secondary N) is 1. The van der Waals surface area contributed by atoms with Crippen LogP contribution >= 0.6 is 0 Å². The molecule has 16 heavy (non-hydrogen) atoms. The van der Waals surface area contributed by atoms with Gasteiger partial charge in [-0.25, -0.2) is 0 Å². The predicted octanol–water partition coefficient (Wildman–Crippen LogP) is 2.35. The molecule has 0 radical (unpaired) electrons. The molecule has 4 nitrogen and oxygen atoms in total. The normalized spacial score (nSPS) is 14.0. The van der Waals surface area contributed by atoms with Crippen molar-refractivity contribution in [3.8, 4) is 0 Å². The summed E-state index contributed by atoms with van der Waals surface area (Å²) >= 11 is 0. The van der Waals surface area contributed by atoms with Crippen LogP contribution in [0, 0.1) is 10.1 Å². The average molecular weight is 214 g/mol. The highest BCUT2D eigenvalue weighted by Gasteiger charge is 2.18.